The summed E-state index contributed by atoms with van der Waals surface area (Å²) >= 11 is 0. The van der Waals surface area contributed by atoms with E-state index in [-0.39, 0.29) is 23.9 Å². The minimum absolute atomic E-state index is 0.0967. The highest BCUT2D eigenvalue weighted by Crippen LogP contribution is 2.50. The number of hydrogen-bond acceptors (Lipinski definition) is 2. The summed E-state index contributed by atoms with van der Waals surface area (Å²) in [5, 5.41) is 15.8. The van der Waals surface area contributed by atoms with Crippen LogP contribution in [0.2, 0.25) is 0 Å². The topological polar surface area (TPSA) is 32.3 Å². The first kappa shape index (κ1) is 18.9. The standard InChI is InChI=1S/C24H31NO/c1-4-12-21-23(20-15-10-7-11-16-20)25-22(19-13-8-6-9-14-19)18(3)24(21,26)17-5-2/h5-11,13-16,18,21-23,25-26H,2,4,12,17H2,1,3H3/t18-,21+,22-,23-,24+/m1/s1. The van der Waals surface area contributed by atoms with Crippen LogP contribution >= 0.6 is 0 Å². The van der Waals surface area contributed by atoms with E-state index in [1.807, 2.05) is 18.2 Å². The fourth-order valence-electron chi connectivity index (χ4n) is 4.70. The van der Waals surface area contributed by atoms with E-state index in [2.05, 4.69) is 74.3 Å². The molecule has 1 aliphatic rings. The summed E-state index contributed by atoms with van der Waals surface area (Å²) in [6, 6.07) is 21.3. The van der Waals surface area contributed by atoms with Crippen molar-refractivity contribution in [2.75, 3.05) is 0 Å². The zero-order chi connectivity index (χ0) is 18.6. The number of nitrogens with one attached hydrogen (secondary N) is 1. The van der Waals surface area contributed by atoms with E-state index in [1.165, 1.54) is 11.1 Å². The zero-order valence-electron chi connectivity index (χ0n) is 15.9. The van der Waals surface area contributed by atoms with Crippen LogP contribution in [-0.4, -0.2) is 10.7 Å². The van der Waals surface area contributed by atoms with Gasteiger partial charge in [-0.3, -0.25) is 0 Å². The van der Waals surface area contributed by atoms with Gasteiger partial charge in [-0.2, -0.15) is 0 Å². The number of piperidine rings is 1. The highest BCUT2D eigenvalue weighted by atomic mass is 16.3. The molecule has 1 fully saturated rings. The molecular formula is C24H31NO. The van der Waals surface area contributed by atoms with Gasteiger partial charge in [0.15, 0.2) is 0 Å². The Morgan fingerprint density at radius 2 is 1.54 bits per heavy atom. The molecule has 26 heavy (non-hydrogen) atoms. The lowest BCUT2D eigenvalue weighted by molar-refractivity contribution is -0.117. The van der Waals surface area contributed by atoms with Gasteiger partial charge < -0.3 is 10.4 Å². The van der Waals surface area contributed by atoms with Crippen molar-refractivity contribution >= 4 is 0 Å². The average Bonchev–Trinajstić information content (AvgIpc) is 2.68. The van der Waals surface area contributed by atoms with Crippen LogP contribution in [0.4, 0.5) is 0 Å². The second-order valence-electron chi connectivity index (χ2n) is 7.61. The molecule has 0 aromatic heterocycles. The van der Waals surface area contributed by atoms with Gasteiger partial charge in [-0.05, 0) is 24.0 Å². The van der Waals surface area contributed by atoms with Crippen molar-refractivity contribution in [1.29, 1.82) is 0 Å². The van der Waals surface area contributed by atoms with Crippen molar-refractivity contribution in [3.8, 4) is 0 Å². The monoisotopic (exact) mass is 349 g/mol. The van der Waals surface area contributed by atoms with Gasteiger partial charge in [0.1, 0.15) is 0 Å². The molecule has 0 bridgehead atoms. The Morgan fingerprint density at radius 1 is 1.00 bits per heavy atom. The van der Waals surface area contributed by atoms with Crippen molar-refractivity contribution in [2.45, 2.75) is 50.8 Å². The van der Waals surface area contributed by atoms with E-state index in [9.17, 15) is 5.11 Å². The molecule has 0 aliphatic carbocycles. The van der Waals surface area contributed by atoms with Gasteiger partial charge in [-0.15, -0.1) is 6.58 Å². The van der Waals surface area contributed by atoms with Crippen molar-refractivity contribution < 1.29 is 5.11 Å². The van der Waals surface area contributed by atoms with Crippen molar-refractivity contribution in [3.63, 3.8) is 0 Å². The fraction of sp³-hybridized carbons (Fsp3) is 0.417. The molecule has 0 saturated carbocycles. The first-order valence-corrected chi connectivity index (χ1v) is 9.81. The van der Waals surface area contributed by atoms with Gasteiger partial charge in [0.05, 0.1) is 5.60 Å². The minimum atomic E-state index is -0.774. The van der Waals surface area contributed by atoms with Gasteiger partial charge in [0, 0.05) is 23.9 Å². The van der Waals surface area contributed by atoms with Crippen LogP contribution in [0.1, 0.15) is 56.3 Å². The highest BCUT2D eigenvalue weighted by molar-refractivity contribution is 5.28. The lowest BCUT2D eigenvalue weighted by Gasteiger charge is -2.53. The molecule has 2 nitrogen and oxygen atoms in total. The summed E-state index contributed by atoms with van der Waals surface area (Å²) in [7, 11) is 0. The van der Waals surface area contributed by atoms with Crippen LogP contribution in [0.5, 0.6) is 0 Å². The summed E-state index contributed by atoms with van der Waals surface area (Å²) < 4.78 is 0. The van der Waals surface area contributed by atoms with E-state index in [1.54, 1.807) is 0 Å². The van der Waals surface area contributed by atoms with Crippen molar-refractivity contribution in [2.24, 2.45) is 11.8 Å². The fourth-order valence-corrected chi connectivity index (χ4v) is 4.70. The van der Waals surface area contributed by atoms with Crippen LogP contribution < -0.4 is 5.32 Å². The number of aliphatic hydroxyl groups is 1. The van der Waals surface area contributed by atoms with Gasteiger partial charge in [0.2, 0.25) is 0 Å². The predicted molar refractivity (Wildman–Crippen MR) is 109 cm³/mol. The molecule has 1 aliphatic heterocycles. The lowest BCUT2D eigenvalue weighted by Crippen LogP contribution is -2.58. The first-order chi connectivity index (χ1) is 12.6. The summed E-state index contributed by atoms with van der Waals surface area (Å²) in [6.45, 7) is 8.32. The third-order valence-electron chi connectivity index (χ3n) is 6.08. The lowest BCUT2D eigenvalue weighted by atomic mass is 9.63. The van der Waals surface area contributed by atoms with Crippen LogP contribution in [-0.2, 0) is 0 Å². The largest absolute Gasteiger partial charge is 0.389 e. The molecule has 2 N–H and O–H groups in total. The zero-order valence-corrected chi connectivity index (χ0v) is 15.9. The minimum Gasteiger partial charge on any atom is -0.389 e. The third-order valence-corrected chi connectivity index (χ3v) is 6.08. The number of benzene rings is 2. The summed E-state index contributed by atoms with van der Waals surface area (Å²) in [5.74, 6) is 0.252. The highest BCUT2D eigenvalue weighted by Gasteiger charge is 2.51. The van der Waals surface area contributed by atoms with E-state index in [0.717, 1.165) is 12.8 Å². The molecule has 0 amide bonds. The number of hydrogen-bond donors (Lipinski definition) is 2. The maximum Gasteiger partial charge on any atom is 0.0771 e. The summed E-state index contributed by atoms with van der Waals surface area (Å²) in [6.07, 6.45) is 4.54. The first-order valence-electron chi connectivity index (χ1n) is 9.81. The molecule has 138 valence electrons. The molecule has 0 spiro atoms. The van der Waals surface area contributed by atoms with Crippen LogP contribution in [0, 0.1) is 11.8 Å². The second kappa shape index (κ2) is 8.20. The Kier molecular flexibility index (Phi) is 5.95. The van der Waals surface area contributed by atoms with E-state index in [0.29, 0.717) is 6.42 Å². The molecule has 1 heterocycles. The normalized spacial score (nSPS) is 31.5. The second-order valence-corrected chi connectivity index (χ2v) is 7.61. The SMILES string of the molecule is C=CC[C@]1(O)[C@H](C)[C@H](c2ccccc2)N[C@H](c2ccccc2)[C@@H]1CCC. The molecule has 2 aromatic rings. The Balaban J connectivity index is 2.07. The Morgan fingerprint density at radius 3 is 2.04 bits per heavy atom. The van der Waals surface area contributed by atoms with Crippen LogP contribution in [0.25, 0.3) is 0 Å². The Bertz CT molecular complexity index is 699. The summed E-state index contributed by atoms with van der Waals surface area (Å²) in [5.41, 5.74) is 1.71. The average molecular weight is 350 g/mol. The molecule has 2 heteroatoms. The van der Waals surface area contributed by atoms with Crippen LogP contribution in [0.3, 0.4) is 0 Å². The van der Waals surface area contributed by atoms with E-state index in [4.69, 9.17) is 0 Å². The van der Waals surface area contributed by atoms with Gasteiger partial charge in [-0.1, -0.05) is 87.0 Å². The third kappa shape index (κ3) is 3.49. The molecule has 0 radical (unpaired) electrons. The molecular weight excluding hydrogens is 318 g/mol. The smallest absolute Gasteiger partial charge is 0.0771 e. The maximum absolute atomic E-state index is 11.9. The number of rotatable bonds is 6. The molecule has 0 unspecified atom stereocenters. The summed E-state index contributed by atoms with van der Waals surface area (Å²) in [4.78, 5) is 0. The Hall–Kier alpha value is -1.90. The maximum atomic E-state index is 11.9. The van der Waals surface area contributed by atoms with Crippen LogP contribution in [0.15, 0.2) is 73.3 Å². The molecule has 5 atom stereocenters. The van der Waals surface area contributed by atoms with Crippen molar-refractivity contribution in [1.82, 2.24) is 5.32 Å². The van der Waals surface area contributed by atoms with Crippen molar-refractivity contribution in [3.05, 3.63) is 84.4 Å². The van der Waals surface area contributed by atoms with E-state index < -0.39 is 5.60 Å². The van der Waals surface area contributed by atoms with Gasteiger partial charge >= 0.3 is 0 Å². The molecule has 1 saturated heterocycles. The quantitative estimate of drug-likeness (QED) is 0.681. The van der Waals surface area contributed by atoms with E-state index >= 15 is 0 Å². The van der Waals surface area contributed by atoms with Gasteiger partial charge in [0.25, 0.3) is 0 Å². The molecule has 2 aromatic carbocycles. The Labute approximate surface area is 158 Å². The predicted octanol–water partition coefficient (Wildman–Crippen LogP) is 5.43. The molecule has 3 rings (SSSR count). The van der Waals surface area contributed by atoms with Gasteiger partial charge in [-0.25, -0.2) is 0 Å².